The number of imidazole rings is 1. The third kappa shape index (κ3) is 3.67. The first kappa shape index (κ1) is 19.3. The molecule has 4 rings (SSSR count). The number of aryl methyl sites for hydroxylation is 1. The summed E-state index contributed by atoms with van der Waals surface area (Å²) in [5, 5.41) is 9.00. The highest BCUT2D eigenvalue weighted by atomic mass is 19.1. The third-order valence-corrected chi connectivity index (χ3v) is 5.26. The van der Waals surface area contributed by atoms with Crippen molar-refractivity contribution < 1.29 is 13.6 Å². The van der Waals surface area contributed by atoms with Crippen LogP contribution in [-0.2, 0) is 0 Å². The van der Waals surface area contributed by atoms with Gasteiger partial charge in [0.1, 0.15) is 5.82 Å². The zero-order valence-electron chi connectivity index (χ0n) is 16.4. The van der Waals surface area contributed by atoms with Crippen molar-refractivity contribution in [2.24, 2.45) is 0 Å². The Bertz CT molecular complexity index is 1070. The van der Waals surface area contributed by atoms with Crippen LogP contribution in [0.2, 0.25) is 0 Å². The van der Waals surface area contributed by atoms with Crippen molar-refractivity contribution >= 4 is 17.2 Å². The lowest BCUT2D eigenvalue weighted by Crippen LogP contribution is -2.43. The number of pyridine rings is 1. The van der Waals surface area contributed by atoms with Crippen LogP contribution >= 0.6 is 0 Å². The average Bonchev–Trinajstić information content (AvgIpc) is 3.09. The van der Waals surface area contributed by atoms with Crippen molar-refractivity contribution in [3.63, 3.8) is 0 Å². The van der Waals surface area contributed by atoms with Crippen LogP contribution in [-0.4, -0.2) is 41.5 Å². The number of hydrogen-bond donors (Lipinski definition) is 3. The number of amides is 1. The van der Waals surface area contributed by atoms with Crippen LogP contribution < -0.4 is 16.0 Å². The number of aromatic nitrogens is 2. The number of carbonyl (C=O) groups is 1. The van der Waals surface area contributed by atoms with E-state index >= 15 is 0 Å². The molecule has 0 aliphatic carbocycles. The number of piperidine rings is 1. The molecule has 1 amide bonds. The number of halogens is 2. The first-order valence-corrected chi connectivity index (χ1v) is 9.65. The summed E-state index contributed by atoms with van der Waals surface area (Å²) in [5.74, 6) is -1.70. The van der Waals surface area contributed by atoms with Crippen molar-refractivity contribution in [1.29, 1.82) is 0 Å². The highest BCUT2D eigenvalue weighted by molar-refractivity contribution is 6.01. The fourth-order valence-electron chi connectivity index (χ4n) is 3.78. The smallest absolute Gasteiger partial charge is 0.256 e. The molecule has 0 unspecified atom stereocenters. The quantitative estimate of drug-likeness (QED) is 0.631. The molecule has 8 heteroatoms. The predicted octanol–water partition coefficient (Wildman–Crippen LogP) is 3.11. The van der Waals surface area contributed by atoms with E-state index in [1.807, 2.05) is 0 Å². The molecule has 3 aromatic rings. The van der Waals surface area contributed by atoms with Crippen LogP contribution in [0.25, 0.3) is 16.8 Å². The molecule has 152 valence electrons. The molecule has 0 radical (unpaired) electrons. The summed E-state index contributed by atoms with van der Waals surface area (Å²) in [6, 6.07) is 4.37. The molecule has 1 aliphatic heterocycles. The Morgan fingerprint density at radius 1 is 1.28 bits per heavy atom. The number of hydrogen-bond acceptors (Lipinski definition) is 4. The van der Waals surface area contributed by atoms with Crippen LogP contribution in [0.5, 0.6) is 0 Å². The lowest BCUT2D eigenvalue weighted by Gasteiger charge is -2.24. The fourth-order valence-corrected chi connectivity index (χ4v) is 3.78. The molecule has 1 aliphatic rings. The van der Waals surface area contributed by atoms with Crippen LogP contribution in [0.4, 0.5) is 14.5 Å². The van der Waals surface area contributed by atoms with E-state index in [9.17, 15) is 13.6 Å². The number of benzene rings is 1. The Morgan fingerprint density at radius 2 is 2.03 bits per heavy atom. The molecule has 29 heavy (non-hydrogen) atoms. The number of anilines is 1. The van der Waals surface area contributed by atoms with Gasteiger partial charge in [0, 0.05) is 31.0 Å². The van der Waals surface area contributed by atoms with Crippen LogP contribution in [0.1, 0.15) is 28.9 Å². The van der Waals surface area contributed by atoms with Gasteiger partial charge in [-0.05, 0) is 56.6 Å². The zero-order valence-corrected chi connectivity index (χ0v) is 16.4. The molecule has 1 fully saturated rings. The third-order valence-electron chi connectivity index (χ3n) is 5.26. The maximum absolute atomic E-state index is 15.0. The van der Waals surface area contributed by atoms with Gasteiger partial charge >= 0.3 is 0 Å². The van der Waals surface area contributed by atoms with Gasteiger partial charge in [0.05, 0.1) is 16.9 Å². The van der Waals surface area contributed by atoms with Gasteiger partial charge in [-0.2, -0.15) is 0 Å². The molecule has 0 saturated carbocycles. The summed E-state index contributed by atoms with van der Waals surface area (Å²) in [6.45, 7) is 3.42. The van der Waals surface area contributed by atoms with Crippen molar-refractivity contribution in [3.05, 3.63) is 53.5 Å². The van der Waals surface area contributed by atoms with Crippen molar-refractivity contribution in [1.82, 2.24) is 20.0 Å². The highest BCUT2D eigenvalue weighted by Crippen LogP contribution is 2.31. The minimum atomic E-state index is -0.697. The second-order valence-corrected chi connectivity index (χ2v) is 7.28. The maximum Gasteiger partial charge on any atom is 0.256 e. The second kappa shape index (κ2) is 7.79. The van der Waals surface area contributed by atoms with Crippen LogP contribution in [0.15, 0.2) is 30.6 Å². The number of carbonyl (C=O) groups excluding carboxylic acids is 1. The van der Waals surface area contributed by atoms with Gasteiger partial charge in [0.2, 0.25) is 0 Å². The normalized spacial score (nSPS) is 14.9. The lowest BCUT2D eigenvalue weighted by atomic mass is 10.0. The van der Waals surface area contributed by atoms with Gasteiger partial charge in [-0.3, -0.25) is 4.79 Å². The van der Waals surface area contributed by atoms with Gasteiger partial charge in [0.15, 0.2) is 11.5 Å². The number of nitrogens with one attached hydrogen (secondary N) is 3. The zero-order chi connectivity index (χ0) is 20.5. The molecule has 2 aromatic heterocycles. The van der Waals surface area contributed by atoms with Gasteiger partial charge < -0.3 is 20.4 Å². The Morgan fingerprint density at radius 3 is 2.76 bits per heavy atom. The van der Waals surface area contributed by atoms with Crippen LogP contribution in [0.3, 0.4) is 0 Å². The van der Waals surface area contributed by atoms with E-state index in [1.54, 1.807) is 42.9 Å². The van der Waals surface area contributed by atoms with Crippen molar-refractivity contribution in [2.45, 2.75) is 25.8 Å². The fraction of sp³-hybridized carbons (Fsp3) is 0.333. The van der Waals surface area contributed by atoms with E-state index in [0.717, 1.165) is 25.9 Å². The van der Waals surface area contributed by atoms with E-state index in [2.05, 4.69) is 20.9 Å². The molecule has 1 saturated heterocycles. The summed E-state index contributed by atoms with van der Waals surface area (Å²) in [5.41, 5.74) is 1.68. The highest BCUT2D eigenvalue weighted by Gasteiger charge is 2.23. The molecule has 0 bridgehead atoms. The minimum Gasteiger partial charge on any atom is -0.387 e. The standard InChI is InChI=1S/C21H23F2N5O/c1-12-11-28-8-5-15(19(23)20(28)26-12)13-9-16(22)18(17(10-13)24-2)21(29)27-14-3-6-25-7-4-14/h5,8-11,14,24-25H,3-4,6-7H2,1-2H3,(H,27,29). The van der Waals surface area contributed by atoms with E-state index in [0.29, 0.717) is 16.9 Å². The van der Waals surface area contributed by atoms with E-state index < -0.39 is 17.5 Å². The van der Waals surface area contributed by atoms with Crippen molar-refractivity contribution in [2.75, 3.05) is 25.5 Å². The summed E-state index contributed by atoms with van der Waals surface area (Å²) in [4.78, 5) is 16.9. The number of fused-ring (bicyclic) bond motifs is 1. The van der Waals surface area contributed by atoms with Crippen LogP contribution in [0, 0.1) is 18.6 Å². The number of nitrogens with zero attached hydrogens (tertiary/aromatic N) is 2. The largest absolute Gasteiger partial charge is 0.387 e. The first-order chi connectivity index (χ1) is 14.0. The maximum atomic E-state index is 15.0. The van der Waals surface area contributed by atoms with Gasteiger partial charge in [-0.25, -0.2) is 13.8 Å². The van der Waals surface area contributed by atoms with E-state index in [4.69, 9.17) is 0 Å². The molecular formula is C21H23F2N5O. The molecule has 6 nitrogen and oxygen atoms in total. The van der Waals surface area contributed by atoms with Gasteiger partial charge in [-0.15, -0.1) is 0 Å². The predicted molar refractivity (Wildman–Crippen MR) is 108 cm³/mol. The van der Waals surface area contributed by atoms with E-state index in [-0.39, 0.29) is 22.8 Å². The monoisotopic (exact) mass is 399 g/mol. The lowest BCUT2D eigenvalue weighted by molar-refractivity contribution is 0.0926. The first-order valence-electron chi connectivity index (χ1n) is 9.65. The molecule has 0 spiro atoms. The summed E-state index contributed by atoms with van der Waals surface area (Å²) in [7, 11) is 1.61. The summed E-state index contributed by atoms with van der Waals surface area (Å²) in [6.07, 6.45) is 5.00. The Balaban J connectivity index is 1.71. The number of rotatable bonds is 4. The SMILES string of the molecule is CNc1cc(-c2ccn3cc(C)nc3c2F)cc(F)c1C(=O)NC1CCNCC1. The average molecular weight is 399 g/mol. The Hall–Kier alpha value is -3.00. The second-order valence-electron chi connectivity index (χ2n) is 7.28. The van der Waals surface area contributed by atoms with E-state index in [1.165, 1.54) is 6.07 Å². The molecule has 3 heterocycles. The molecule has 0 atom stereocenters. The Labute approximate surface area is 167 Å². The summed E-state index contributed by atoms with van der Waals surface area (Å²) < 4.78 is 31.6. The topological polar surface area (TPSA) is 70.5 Å². The van der Waals surface area contributed by atoms with Gasteiger partial charge in [0.25, 0.3) is 5.91 Å². The summed E-state index contributed by atoms with van der Waals surface area (Å²) >= 11 is 0. The molecular weight excluding hydrogens is 376 g/mol. The minimum absolute atomic E-state index is 0.0102. The van der Waals surface area contributed by atoms with Gasteiger partial charge in [-0.1, -0.05) is 0 Å². The van der Waals surface area contributed by atoms with Crippen molar-refractivity contribution in [3.8, 4) is 11.1 Å². The molecule has 1 aromatic carbocycles. The Kier molecular flexibility index (Phi) is 5.19. The molecule has 3 N–H and O–H groups in total.